The van der Waals surface area contributed by atoms with Gasteiger partial charge in [-0.05, 0) is 30.0 Å². The molecule has 0 bridgehead atoms. The Hall–Kier alpha value is -2.82. The van der Waals surface area contributed by atoms with Crippen LogP contribution < -0.4 is 0 Å². The lowest BCUT2D eigenvalue weighted by Crippen LogP contribution is -2.27. The first-order valence-corrected chi connectivity index (χ1v) is 9.06. The van der Waals surface area contributed by atoms with Crippen LogP contribution in [0.3, 0.4) is 0 Å². The highest BCUT2D eigenvalue weighted by molar-refractivity contribution is 6.01. The Morgan fingerprint density at radius 3 is 2.50 bits per heavy atom. The number of carbonyl (C=O) groups is 1. The van der Waals surface area contributed by atoms with Gasteiger partial charge >= 0.3 is 0 Å². The van der Waals surface area contributed by atoms with Gasteiger partial charge in [0.2, 0.25) is 0 Å². The van der Waals surface area contributed by atoms with Crippen molar-refractivity contribution in [2.24, 2.45) is 0 Å². The van der Waals surface area contributed by atoms with E-state index < -0.39 is 0 Å². The minimum Gasteiger partial charge on any atom is -0.507 e. The monoisotopic (exact) mass is 351 g/mol. The summed E-state index contributed by atoms with van der Waals surface area (Å²) in [6.07, 6.45) is 2.56. The lowest BCUT2D eigenvalue weighted by molar-refractivity contribution is 0.0792. The molecule has 5 heteroatoms. The third-order valence-electron chi connectivity index (χ3n) is 4.70. The van der Waals surface area contributed by atoms with Crippen LogP contribution in [0.5, 0.6) is 5.75 Å². The lowest BCUT2D eigenvalue weighted by Gasteiger charge is -2.16. The van der Waals surface area contributed by atoms with Gasteiger partial charge in [-0.2, -0.15) is 5.10 Å². The summed E-state index contributed by atoms with van der Waals surface area (Å²) in [5, 5.41) is 18.5. The number of nitrogens with zero attached hydrogens (tertiary/aromatic N) is 2. The van der Waals surface area contributed by atoms with Crippen molar-refractivity contribution < 1.29 is 9.90 Å². The van der Waals surface area contributed by atoms with Crippen molar-refractivity contribution in [2.75, 3.05) is 13.6 Å². The number of phenols is 1. The van der Waals surface area contributed by atoms with Crippen LogP contribution >= 0.6 is 0 Å². The van der Waals surface area contributed by atoms with Gasteiger partial charge in [0.1, 0.15) is 5.75 Å². The zero-order chi connectivity index (χ0) is 18.7. The summed E-state index contributed by atoms with van der Waals surface area (Å²) in [7, 11) is 1.75. The maximum atomic E-state index is 12.6. The van der Waals surface area contributed by atoms with Gasteiger partial charge in [0.15, 0.2) is 0 Å². The van der Waals surface area contributed by atoms with E-state index in [-0.39, 0.29) is 11.7 Å². The number of benzene rings is 2. The molecule has 3 aromatic rings. The van der Waals surface area contributed by atoms with Gasteiger partial charge in [-0.25, -0.2) is 0 Å². The van der Waals surface area contributed by atoms with E-state index in [0.717, 1.165) is 29.4 Å². The predicted molar refractivity (Wildman–Crippen MR) is 104 cm³/mol. The van der Waals surface area contributed by atoms with Gasteiger partial charge in [0.25, 0.3) is 5.91 Å². The highest BCUT2D eigenvalue weighted by Crippen LogP contribution is 2.28. The van der Waals surface area contributed by atoms with Gasteiger partial charge in [0.05, 0.1) is 16.8 Å². The van der Waals surface area contributed by atoms with Crippen molar-refractivity contribution in [3.63, 3.8) is 0 Å². The molecule has 0 saturated heterocycles. The maximum Gasteiger partial charge on any atom is 0.257 e. The SMILES string of the molecule is CCCN(C)C(=O)c1cc2c(Cc3ccc(CC)cc3)n[nH]c2cc1O. The van der Waals surface area contributed by atoms with Crippen molar-refractivity contribution in [2.45, 2.75) is 33.1 Å². The lowest BCUT2D eigenvalue weighted by atomic mass is 10.0. The first-order chi connectivity index (χ1) is 12.5. The summed E-state index contributed by atoms with van der Waals surface area (Å²) in [6.45, 7) is 4.81. The second kappa shape index (κ2) is 7.60. The van der Waals surface area contributed by atoms with E-state index in [1.807, 2.05) is 6.92 Å². The summed E-state index contributed by atoms with van der Waals surface area (Å²) in [4.78, 5) is 14.2. The first-order valence-electron chi connectivity index (χ1n) is 9.06. The number of fused-ring (bicyclic) bond motifs is 1. The van der Waals surface area contributed by atoms with Crippen LogP contribution in [-0.2, 0) is 12.8 Å². The molecule has 0 saturated carbocycles. The second-order valence-corrected chi connectivity index (χ2v) is 6.66. The normalized spacial score (nSPS) is 11.0. The molecule has 0 aliphatic carbocycles. The Labute approximate surface area is 153 Å². The van der Waals surface area contributed by atoms with Gasteiger partial charge in [-0.3, -0.25) is 9.89 Å². The third-order valence-corrected chi connectivity index (χ3v) is 4.70. The predicted octanol–water partition coefficient (Wildman–Crippen LogP) is 3.90. The van der Waals surface area contributed by atoms with E-state index in [1.54, 1.807) is 24.1 Å². The summed E-state index contributed by atoms with van der Waals surface area (Å²) < 4.78 is 0. The van der Waals surface area contributed by atoms with E-state index in [2.05, 4.69) is 41.4 Å². The number of amides is 1. The number of aromatic amines is 1. The molecular weight excluding hydrogens is 326 g/mol. The molecule has 2 N–H and O–H groups in total. The molecule has 0 atom stereocenters. The van der Waals surface area contributed by atoms with Crippen LogP contribution in [0.2, 0.25) is 0 Å². The molecule has 0 fully saturated rings. The zero-order valence-corrected chi connectivity index (χ0v) is 15.5. The second-order valence-electron chi connectivity index (χ2n) is 6.66. The standard InChI is InChI=1S/C21H25N3O2/c1-4-10-24(3)21(26)17-12-16-18(22-23-19(16)13-20(17)25)11-15-8-6-14(5-2)7-9-15/h6-9,12-13,25H,4-5,10-11H2,1-3H3,(H,22,23). The van der Waals surface area contributed by atoms with Gasteiger partial charge in [-0.1, -0.05) is 38.1 Å². The number of H-pyrrole nitrogens is 1. The first kappa shape index (κ1) is 18.0. The fourth-order valence-corrected chi connectivity index (χ4v) is 3.14. The number of hydrogen-bond donors (Lipinski definition) is 2. The molecule has 26 heavy (non-hydrogen) atoms. The molecule has 0 aliphatic heterocycles. The molecule has 1 aromatic heterocycles. The number of aryl methyl sites for hydroxylation is 1. The topological polar surface area (TPSA) is 69.2 Å². The van der Waals surface area contributed by atoms with Crippen LogP contribution in [0.1, 0.15) is 47.4 Å². The molecule has 0 unspecified atom stereocenters. The summed E-state index contributed by atoms with van der Waals surface area (Å²) in [5.41, 5.74) is 4.39. The Morgan fingerprint density at radius 2 is 1.85 bits per heavy atom. The molecule has 1 amide bonds. The number of hydrogen-bond acceptors (Lipinski definition) is 3. The molecular formula is C21H25N3O2. The molecule has 3 rings (SSSR count). The van der Waals surface area contributed by atoms with Crippen molar-refractivity contribution in [1.82, 2.24) is 15.1 Å². The highest BCUT2D eigenvalue weighted by atomic mass is 16.3. The van der Waals surface area contributed by atoms with E-state index in [4.69, 9.17) is 0 Å². The van der Waals surface area contributed by atoms with Crippen molar-refractivity contribution in [1.29, 1.82) is 0 Å². The van der Waals surface area contributed by atoms with Crippen molar-refractivity contribution in [3.8, 4) is 5.75 Å². The summed E-state index contributed by atoms with van der Waals surface area (Å²) in [5.74, 6) is -0.196. The Kier molecular flexibility index (Phi) is 5.26. The quantitative estimate of drug-likeness (QED) is 0.707. The number of phenolic OH excluding ortho intramolecular Hbond substituents is 1. The van der Waals surface area contributed by atoms with Crippen LogP contribution in [0.4, 0.5) is 0 Å². The Bertz CT molecular complexity index is 913. The number of nitrogens with one attached hydrogen (secondary N) is 1. The number of carbonyl (C=O) groups excluding carboxylic acids is 1. The molecule has 1 heterocycles. The minimum absolute atomic E-state index is 0.0204. The van der Waals surface area contributed by atoms with Crippen LogP contribution in [0.25, 0.3) is 10.9 Å². The average Bonchev–Trinajstić information content (AvgIpc) is 3.02. The fourth-order valence-electron chi connectivity index (χ4n) is 3.14. The average molecular weight is 351 g/mol. The van der Waals surface area contributed by atoms with E-state index >= 15 is 0 Å². The third kappa shape index (κ3) is 3.57. The largest absolute Gasteiger partial charge is 0.507 e. The Balaban J connectivity index is 1.94. The minimum atomic E-state index is -0.175. The van der Waals surface area contributed by atoms with E-state index in [9.17, 15) is 9.90 Å². The van der Waals surface area contributed by atoms with Gasteiger partial charge < -0.3 is 10.0 Å². The number of rotatable bonds is 6. The van der Waals surface area contributed by atoms with Crippen LogP contribution in [-0.4, -0.2) is 39.7 Å². The summed E-state index contributed by atoms with van der Waals surface area (Å²) >= 11 is 0. The van der Waals surface area contributed by atoms with Crippen molar-refractivity contribution >= 4 is 16.8 Å². The highest BCUT2D eigenvalue weighted by Gasteiger charge is 2.18. The molecule has 0 spiro atoms. The summed E-state index contributed by atoms with van der Waals surface area (Å²) in [6, 6.07) is 11.8. The molecule has 136 valence electrons. The molecule has 0 radical (unpaired) electrons. The molecule has 5 nitrogen and oxygen atoms in total. The van der Waals surface area contributed by atoms with E-state index in [0.29, 0.717) is 18.5 Å². The van der Waals surface area contributed by atoms with Crippen molar-refractivity contribution in [3.05, 3.63) is 58.8 Å². The van der Waals surface area contributed by atoms with Gasteiger partial charge in [0, 0.05) is 31.5 Å². The zero-order valence-electron chi connectivity index (χ0n) is 15.5. The number of aromatic nitrogens is 2. The molecule has 0 aliphatic rings. The number of aromatic hydroxyl groups is 1. The maximum absolute atomic E-state index is 12.6. The molecule has 2 aromatic carbocycles. The fraction of sp³-hybridized carbons (Fsp3) is 0.333. The Morgan fingerprint density at radius 1 is 1.15 bits per heavy atom. The van der Waals surface area contributed by atoms with Gasteiger partial charge in [-0.15, -0.1) is 0 Å². The van der Waals surface area contributed by atoms with E-state index in [1.165, 1.54) is 11.1 Å². The smallest absolute Gasteiger partial charge is 0.257 e. The van der Waals surface area contributed by atoms with Crippen LogP contribution in [0.15, 0.2) is 36.4 Å². The van der Waals surface area contributed by atoms with Crippen LogP contribution in [0, 0.1) is 0 Å².